The number of hydrogen-bond acceptors (Lipinski definition) is 8. The van der Waals surface area contributed by atoms with Crippen molar-refractivity contribution in [3.8, 4) is 34.0 Å². The molecule has 502 valence electrons. The summed E-state index contributed by atoms with van der Waals surface area (Å²) < 4.78 is 68.8. The van der Waals surface area contributed by atoms with E-state index >= 15 is 0 Å². The van der Waals surface area contributed by atoms with Crippen LogP contribution in [0.3, 0.4) is 0 Å². The van der Waals surface area contributed by atoms with Crippen molar-refractivity contribution in [1.29, 1.82) is 0 Å². The molecule has 12 aromatic rings. The van der Waals surface area contributed by atoms with Crippen LogP contribution in [0.5, 0.6) is 11.5 Å². The maximum Gasteiger partial charge on any atom is 0.266 e. The molecule has 2 aliphatic heterocycles. The lowest BCUT2D eigenvalue weighted by atomic mass is 9.77. The Morgan fingerprint density at radius 3 is 1.22 bits per heavy atom. The van der Waals surface area contributed by atoms with E-state index in [1.165, 1.54) is 0 Å². The molecule has 10 nitrogen and oxygen atoms in total. The molecule has 15 rings (SSSR count). The molecule has 1 saturated carbocycles. The summed E-state index contributed by atoms with van der Waals surface area (Å²) >= 11 is 6.46. The number of nitrogens with zero attached hydrogens (tertiary/aromatic N) is 7. The van der Waals surface area contributed by atoms with Crippen LogP contribution in [0.2, 0.25) is 0 Å². The van der Waals surface area contributed by atoms with E-state index in [9.17, 15) is 17.6 Å². The fourth-order valence-corrected chi connectivity index (χ4v) is 14.4. The van der Waals surface area contributed by atoms with E-state index in [0.29, 0.717) is 18.3 Å². The molecule has 1 aliphatic carbocycles. The van der Waals surface area contributed by atoms with Crippen molar-refractivity contribution < 1.29 is 27.0 Å². The summed E-state index contributed by atoms with van der Waals surface area (Å²) in [4.78, 5) is 11.0. The number of nitrogens with one attached hydrogen (secondary N) is 1. The minimum absolute atomic E-state index is 0. The molecule has 6 heterocycles. The smallest absolute Gasteiger partial charge is 0.266 e. The SMILES string of the molecule is CC(C)Oc1ccc2c(c1)c(-c1ccnc(C3CCC(Cl)CC3)c1)nn2C(c1ccccc1)(c1ccccc1)c1ccccc1.CC(C)Oc1ccc2c(c1)c(-c1ccnc(N3CCC(F)(F)C3)c1)nn2C(c1ccccc1)(c1ccccc1)c1ccccc1.Cl.FC1(F)CCNC1. The van der Waals surface area contributed by atoms with E-state index in [1.54, 1.807) is 11.1 Å². The maximum absolute atomic E-state index is 14.2. The molecular formula is C82H80Cl2F4N8O2. The van der Waals surface area contributed by atoms with Gasteiger partial charge in [-0.3, -0.25) is 4.98 Å². The number of aromatic nitrogens is 6. The summed E-state index contributed by atoms with van der Waals surface area (Å²) in [6.45, 7) is 8.37. The van der Waals surface area contributed by atoms with Gasteiger partial charge in [0.25, 0.3) is 11.8 Å². The zero-order chi connectivity index (χ0) is 67.2. The third kappa shape index (κ3) is 14.3. The van der Waals surface area contributed by atoms with Crippen LogP contribution in [0, 0.1) is 0 Å². The predicted molar refractivity (Wildman–Crippen MR) is 389 cm³/mol. The molecule has 3 fully saturated rings. The summed E-state index contributed by atoms with van der Waals surface area (Å²) in [5, 5.41) is 15.8. The van der Waals surface area contributed by atoms with Gasteiger partial charge in [0.15, 0.2) is 0 Å². The highest BCUT2D eigenvalue weighted by molar-refractivity contribution is 6.20. The Kier molecular flexibility index (Phi) is 20.9. The van der Waals surface area contributed by atoms with Gasteiger partial charge in [-0.05, 0) is 147 Å². The Balaban J connectivity index is 0.000000168. The van der Waals surface area contributed by atoms with Crippen LogP contribution >= 0.6 is 24.0 Å². The highest BCUT2D eigenvalue weighted by atomic mass is 35.5. The highest BCUT2D eigenvalue weighted by Crippen LogP contribution is 2.48. The molecule has 98 heavy (non-hydrogen) atoms. The summed E-state index contributed by atoms with van der Waals surface area (Å²) in [5.41, 5.74) is 11.5. The lowest BCUT2D eigenvalue weighted by molar-refractivity contribution is 0.0235. The number of benzene rings is 8. The normalized spacial score (nSPS) is 16.6. The van der Waals surface area contributed by atoms with Crippen LogP contribution in [-0.2, 0) is 11.1 Å². The molecule has 0 unspecified atom stereocenters. The molecular weight excluding hydrogens is 1280 g/mol. The van der Waals surface area contributed by atoms with Crippen LogP contribution in [0.25, 0.3) is 44.3 Å². The molecule has 2 saturated heterocycles. The highest BCUT2D eigenvalue weighted by Gasteiger charge is 2.44. The third-order valence-corrected chi connectivity index (χ3v) is 19.0. The zero-order valence-electron chi connectivity index (χ0n) is 55.4. The lowest BCUT2D eigenvalue weighted by Gasteiger charge is -2.37. The van der Waals surface area contributed by atoms with E-state index in [-0.39, 0.29) is 62.5 Å². The average Bonchev–Trinajstić information content (AvgIpc) is 1.46. The van der Waals surface area contributed by atoms with Crippen LogP contribution < -0.4 is 19.7 Å². The minimum Gasteiger partial charge on any atom is -0.491 e. The van der Waals surface area contributed by atoms with Crippen molar-refractivity contribution in [2.75, 3.05) is 31.1 Å². The largest absolute Gasteiger partial charge is 0.491 e. The molecule has 0 radical (unpaired) electrons. The number of hydrogen-bond donors (Lipinski definition) is 1. The van der Waals surface area contributed by atoms with Crippen molar-refractivity contribution in [1.82, 2.24) is 34.8 Å². The zero-order valence-corrected chi connectivity index (χ0v) is 56.9. The van der Waals surface area contributed by atoms with Gasteiger partial charge in [0.1, 0.15) is 39.8 Å². The summed E-state index contributed by atoms with van der Waals surface area (Å²) in [7, 11) is 0. The van der Waals surface area contributed by atoms with E-state index in [1.807, 2.05) is 62.5 Å². The molecule has 0 spiro atoms. The number of fused-ring (bicyclic) bond motifs is 2. The fourth-order valence-electron chi connectivity index (χ4n) is 14.1. The monoisotopic (exact) mass is 1350 g/mol. The first kappa shape index (κ1) is 68.6. The van der Waals surface area contributed by atoms with E-state index in [2.05, 4.69) is 234 Å². The minimum atomic E-state index is -2.73. The average molecular weight is 1360 g/mol. The number of alkyl halides is 5. The molecule has 4 aromatic heterocycles. The van der Waals surface area contributed by atoms with Crippen molar-refractivity contribution in [2.45, 2.75) is 113 Å². The third-order valence-electron chi connectivity index (χ3n) is 18.5. The number of rotatable bonds is 16. The van der Waals surface area contributed by atoms with Gasteiger partial charge in [-0.25, -0.2) is 31.9 Å². The maximum atomic E-state index is 14.2. The second kappa shape index (κ2) is 29.8. The van der Waals surface area contributed by atoms with E-state index < -0.39 is 22.9 Å². The topological polar surface area (TPSA) is 95.2 Å². The molecule has 3 aliphatic rings. The van der Waals surface area contributed by atoms with E-state index in [4.69, 9.17) is 36.3 Å². The van der Waals surface area contributed by atoms with Crippen molar-refractivity contribution in [3.05, 3.63) is 294 Å². The van der Waals surface area contributed by atoms with Gasteiger partial charge in [0.2, 0.25) is 0 Å². The van der Waals surface area contributed by atoms with E-state index in [0.717, 1.165) is 121 Å². The second-order valence-electron chi connectivity index (χ2n) is 26.0. The van der Waals surface area contributed by atoms with Crippen molar-refractivity contribution in [2.24, 2.45) is 0 Å². The fraction of sp³-hybridized carbons (Fsp3) is 0.268. The van der Waals surface area contributed by atoms with Gasteiger partial charge in [-0.1, -0.05) is 182 Å². The Morgan fingerprint density at radius 2 is 0.878 bits per heavy atom. The summed E-state index contributed by atoms with van der Waals surface area (Å²) in [6.07, 6.45) is 7.67. The standard InChI is InChI=1S/C40H38ClN3O.C38H34F2N4O.C4H7F2N.ClH/c1-28(2)45-35-22-23-38-36(27-35)39(30-24-25-42-37(26-30)29-18-20-34(41)21-19-29)43-44(38)40(31-12-6-3-7-13-31,32-14-8-4-9-15-32)33-16-10-5-11-17-33;1-27(2)45-32-18-19-34-33(25-32)36(28-20-22-41-35(24-28)43-23-21-37(39,40)26-43)42-44(34)38(29-12-6-3-7-13-29,30-14-8-4-9-15-30)31-16-10-5-11-17-31;5-4(6)1-2-7-3-4;/h3-17,22-29,34H,18-21H2,1-2H3;3-20,22,24-25,27H,21,23,26H2,1-2H3;7H,1-3H2;1H. The van der Waals surface area contributed by atoms with Crippen LogP contribution in [0.4, 0.5) is 23.4 Å². The predicted octanol–water partition coefficient (Wildman–Crippen LogP) is 19.6. The van der Waals surface area contributed by atoms with Gasteiger partial charge in [-0.15, -0.1) is 24.0 Å². The van der Waals surface area contributed by atoms with Gasteiger partial charge < -0.3 is 19.7 Å². The number of pyridine rings is 2. The Labute approximate surface area is 582 Å². The quantitative estimate of drug-likeness (QED) is 0.0581. The first-order valence-electron chi connectivity index (χ1n) is 33.6. The number of halogens is 6. The van der Waals surface area contributed by atoms with Crippen molar-refractivity contribution >= 4 is 51.6 Å². The summed E-state index contributed by atoms with van der Waals surface area (Å²) in [6, 6.07) is 84.0. The number of ether oxygens (including phenoxy) is 2. The molecule has 1 N–H and O–H groups in total. The molecule has 0 amide bonds. The lowest BCUT2D eigenvalue weighted by Crippen LogP contribution is -2.38. The molecule has 0 bridgehead atoms. The van der Waals surface area contributed by atoms with Crippen LogP contribution in [-0.4, -0.2) is 85.1 Å². The van der Waals surface area contributed by atoms with Crippen molar-refractivity contribution in [3.63, 3.8) is 0 Å². The Bertz CT molecular complexity index is 4380. The van der Waals surface area contributed by atoms with Crippen LogP contribution in [0.1, 0.15) is 111 Å². The van der Waals surface area contributed by atoms with Crippen LogP contribution in [0.15, 0.2) is 255 Å². The first-order valence-corrected chi connectivity index (χ1v) is 34.0. The Hall–Kier alpha value is -9.34. The van der Waals surface area contributed by atoms with Gasteiger partial charge in [0.05, 0.1) is 36.3 Å². The van der Waals surface area contributed by atoms with Gasteiger partial charge >= 0.3 is 0 Å². The Morgan fingerprint density at radius 1 is 0.480 bits per heavy atom. The molecule has 8 aromatic carbocycles. The number of anilines is 1. The van der Waals surface area contributed by atoms with Gasteiger partial charge in [-0.2, -0.15) is 10.2 Å². The molecule has 16 heteroatoms. The molecule has 0 atom stereocenters. The second-order valence-corrected chi connectivity index (χ2v) is 26.6. The van der Waals surface area contributed by atoms with Gasteiger partial charge in [0, 0.05) is 77.2 Å². The first-order chi connectivity index (χ1) is 47.1. The summed E-state index contributed by atoms with van der Waals surface area (Å²) in [5.74, 6) is -2.66.